The summed E-state index contributed by atoms with van der Waals surface area (Å²) < 4.78 is 24.2. The van der Waals surface area contributed by atoms with Crippen LogP contribution in [0, 0.1) is 5.82 Å². The fraction of sp³-hybridized carbons (Fsp3) is 0.0385. The van der Waals surface area contributed by atoms with Crippen LogP contribution >= 0.6 is 0 Å². The molecule has 6 heteroatoms. The minimum absolute atomic E-state index is 0.130. The number of rotatable bonds is 5. The molecule has 0 saturated heterocycles. The number of furan rings is 1. The molecule has 0 fully saturated rings. The van der Waals surface area contributed by atoms with E-state index in [9.17, 15) is 14.0 Å². The van der Waals surface area contributed by atoms with Crippen LogP contribution in [0.5, 0.6) is 0 Å². The van der Waals surface area contributed by atoms with Crippen molar-refractivity contribution in [2.75, 3.05) is 6.61 Å². The Morgan fingerprint density at radius 2 is 1.66 bits per heavy atom. The first-order valence-electron chi connectivity index (χ1n) is 9.93. The van der Waals surface area contributed by atoms with Crippen molar-refractivity contribution >= 4 is 33.6 Å². The van der Waals surface area contributed by atoms with E-state index < -0.39 is 18.4 Å². The van der Waals surface area contributed by atoms with E-state index in [1.54, 1.807) is 48.5 Å². The molecule has 0 amide bonds. The fourth-order valence-electron chi connectivity index (χ4n) is 3.51. The van der Waals surface area contributed by atoms with E-state index in [2.05, 4.69) is 4.98 Å². The molecule has 0 bridgehead atoms. The summed E-state index contributed by atoms with van der Waals surface area (Å²) in [7, 11) is 0. The van der Waals surface area contributed by atoms with Gasteiger partial charge in [0.05, 0.1) is 16.8 Å². The Labute approximate surface area is 182 Å². The van der Waals surface area contributed by atoms with E-state index >= 15 is 0 Å². The van der Waals surface area contributed by atoms with Gasteiger partial charge in [0.1, 0.15) is 11.4 Å². The van der Waals surface area contributed by atoms with Crippen LogP contribution < -0.4 is 0 Å². The van der Waals surface area contributed by atoms with E-state index in [1.807, 2.05) is 24.3 Å². The molecule has 32 heavy (non-hydrogen) atoms. The zero-order valence-electron chi connectivity index (χ0n) is 16.7. The number of ketones is 1. The highest BCUT2D eigenvalue weighted by Gasteiger charge is 2.19. The molecule has 0 aliphatic rings. The van der Waals surface area contributed by atoms with Gasteiger partial charge in [0.2, 0.25) is 5.78 Å². The third-order valence-corrected chi connectivity index (χ3v) is 5.11. The van der Waals surface area contributed by atoms with Crippen LogP contribution in [0.25, 0.3) is 33.1 Å². The van der Waals surface area contributed by atoms with Crippen molar-refractivity contribution in [3.63, 3.8) is 0 Å². The first-order valence-corrected chi connectivity index (χ1v) is 9.93. The number of halogens is 1. The van der Waals surface area contributed by atoms with Crippen molar-refractivity contribution in [1.29, 1.82) is 0 Å². The zero-order chi connectivity index (χ0) is 22.1. The molecule has 2 aromatic heterocycles. The van der Waals surface area contributed by atoms with Crippen molar-refractivity contribution in [1.82, 2.24) is 4.98 Å². The third-order valence-electron chi connectivity index (χ3n) is 5.11. The summed E-state index contributed by atoms with van der Waals surface area (Å²) in [4.78, 5) is 30.0. The molecule has 0 saturated carbocycles. The number of carbonyl (C=O) groups excluding carboxylic acids is 2. The van der Waals surface area contributed by atoms with E-state index in [-0.39, 0.29) is 17.1 Å². The molecule has 0 radical (unpaired) electrons. The van der Waals surface area contributed by atoms with Gasteiger partial charge in [0.25, 0.3) is 0 Å². The van der Waals surface area contributed by atoms with Gasteiger partial charge in [0.15, 0.2) is 12.4 Å². The summed E-state index contributed by atoms with van der Waals surface area (Å²) >= 11 is 0. The number of ether oxygens (including phenoxy) is 1. The van der Waals surface area contributed by atoms with Crippen molar-refractivity contribution in [2.45, 2.75) is 0 Å². The Balaban J connectivity index is 1.43. The Morgan fingerprint density at radius 3 is 2.47 bits per heavy atom. The quantitative estimate of drug-likeness (QED) is 0.262. The first-order chi connectivity index (χ1) is 15.6. The van der Waals surface area contributed by atoms with Gasteiger partial charge in [-0.1, -0.05) is 36.4 Å². The third kappa shape index (κ3) is 3.74. The van der Waals surface area contributed by atoms with Gasteiger partial charge in [-0.25, -0.2) is 14.2 Å². The van der Waals surface area contributed by atoms with Crippen LogP contribution in [0.3, 0.4) is 0 Å². The Kier molecular flexibility index (Phi) is 4.95. The normalized spacial score (nSPS) is 11.0. The molecule has 5 rings (SSSR count). The molecule has 156 valence electrons. The predicted molar refractivity (Wildman–Crippen MR) is 118 cm³/mol. The summed E-state index contributed by atoms with van der Waals surface area (Å²) in [6.45, 7) is -0.457. The first kappa shape index (κ1) is 19.6. The maximum Gasteiger partial charge on any atom is 0.339 e. The molecule has 0 atom stereocenters. The SMILES string of the molecule is O=C(COC(=O)c1cc(-c2ccc(F)cc2)nc2ccccc12)c1cc2ccccc2o1. The van der Waals surface area contributed by atoms with Gasteiger partial charge >= 0.3 is 5.97 Å². The largest absolute Gasteiger partial charge is 0.454 e. The number of benzene rings is 3. The van der Waals surface area contributed by atoms with Crippen molar-refractivity contribution < 1.29 is 23.1 Å². The molecule has 0 N–H and O–H groups in total. The lowest BCUT2D eigenvalue weighted by molar-refractivity contribution is 0.0470. The molecule has 5 nitrogen and oxygen atoms in total. The zero-order valence-corrected chi connectivity index (χ0v) is 16.7. The lowest BCUT2D eigenvalue weighted by atomic mass is 10.0. The average molecular weight is 425 g/mol. The summed E-state index contributed by atoms with van der Waals surface area (Å²) in [5.74, 6) is -1.33. The van der Waals surface area contributed by atoms with Crippen LogP contribution in [0.2, 0.25) is 0 Å². The molecular weight excluding hydrogens is 409 g/mol. The molecule has 0 unspecified atom stereocenters. The van der Waals surface area contributed by atoms with Gasteiger partial charge in [0, 0.05) is 16.3 Å². The number of hydrogen-bond donors (Lipinski definition) is 0. The van der Waals surface area contributed by atoms with Crippen molar-refractivity contribution in [3.05, 3.63) is 102 Å². The maximum atomic E-state index is 13.3. The maximum absolute atomic E-state index is 13.3. The standard InChI is InChI=1S/C26H16FNO4/c27-18-11-9-16(10-12-18)22-14-20(19-6-2-3-7-21(19)28-22)26(30)31-15-23(29)25-13-17-5-1-4-8-24(17)32-25/h1-14H,15H2. The number of nitrogens with zero attached hydrogens (tertiary/aromatic N) is 1. The fourth-order valence-corrected chi connectivity index (χ4v) is 3.51. The highest BCUT2D eigenvalue weighted by molar-refractivity contribution is 6.06. The Bertz CT molecular complexity index is 1440. The average Bonchev–Trinajstić information content (AvgIpc) is 3.26. The molecular formula is C26H16FNO4. The van der Waals surface area contributed by atoms with Gasteiger partial charge in [-0.15, -0.1) is 0 Å². The Morgan fingerprint density at radius 1 is 0.906 bits per heavy atom. The minimum Gasteiger partial charge on any atom is -0.454 e. The smallest absolute Gasteiger partial charge is 0.339 e. The van der Waals surface area contributed by atoms with Crippen molar-refractivity contribution in [2.24, 2.45) is 0 Å². The van der Waals surface area contributed by atoms with E-state index in [0.717, 1.165) is 5.39 Å². The number of pyridine rings is 1. The monoisotopic (exact) mass is 425 g/mol. The van der Waals surface area contributed by atoms with Gasteiger partial charge in [-0.05, 0) is 48.5 Å². The Hall–Kier alpha value is -4.32. The number of para-hydroxylation sites is 2. The van der Waals surface area contributed by atoms with E-state index in [0.29, 0.717) is 27.7 Å². The second kappa shape index (κ2) is 8.07. The predicted octanol–water partition coefficient (Wildman–Crippen LogP) is 5.83. The lowest BCUT2D eigenvalue weighted by Crippen LogP contribution is -2.14. The minimum atomic E-state index is -0.656. The lowest BCUT2D eigenvalue weighted by Gasteiger charge is -2.10. The number of esters is 1. The summed E-state index contributed by atoms with van der Waals surface area (Å²) in [6, 6.07) is 23.4. The second-order valence-electron chi connectivity index (χ2n) is 7.23. The topological polar surface area (TPSA) is 69.4 Å². The van der Waals surface area contributed by atoms with E-state index in [4.69, 9.17) is 9.15 Å². The van der Waals surface area contributed by atoms with Gasteiger partial charge in [-0.3, -0.25) is 4.79 Å². The number of Topliss-reactive ketones (excluding diaryl/α,β-unsaturated/α-hetero) is 1. The van der Waals surface area contributed by atoms with Crippen LogP contribution in [-0.2, 0) is 4.74 Å². The van der Waals surface area contributed by atoms with Gasteiger partial charge < -0.3 is 9.15 Å². The van der Waals surface area contributed by atoms with E-state index in [1.165, 1.54) is 12.1 Å². The highest BCUT2D eigenvalue weighted by Crippen LogP contribution is 2.26. The van der Waals surface area contributed by atoms with Crippen LogP contribution in [0.4, 0.5) is 4.39 Å². The number of fused-ring (bicyclic) bond motifs is 2. The molecule has 5 aromatic rings. The highest BCUT2D eigenvalue weighted by atomic mass is 19.1. The summed E-state index contributed by atoms with van der Waals surface area (Å²) in [6.07, 6.45) is 0. The van der Waals surface area contributed by atoms with Crippen LogP contribution in [0.15, 0.2) is 89.3 Å². The number of carbonyl (C=O) groups is 2. The summed E-state index contributed by atoms with van der Waals surface area (Å²) in [5.41, 5.74) is 2.60. The number of aromatic nitrogens is 1. The number of hydrogen-bond acceptors (Lipinski definition) is 5. The second-order valence-corrected chi connectivity index (χ2v) is 7.23. The van der Waals surface area contributed by atoms with Gasteiger partial charge in [-0.2, -0.15) is 0 Å². The molecule has 0 aliphatic carbocycles. The molecule has 3 aromatic carbocycles. The van der Waals surface area contributed by atoms with Crippen LogP contribution in [0.1, 0.15) is 20.9 Å². The molecule has 2 heterocycles. The molecule has 0 aliphatic heterocycles. The van der Waals surface area contributed by atoms with Crippen LogP contribution in [-0.4, -0.2) is 23.3 Å². The van der Waals surface area contributed by atoms with Crippen molar-refractivity contribution in [3.8, 4) is 11.3 Å². The summed E-state index contributed by atoms with van der Waals surface area (Å²) in [5, 5.41) is 1.39. The molecule has 0 spiro atoms.